The second kappa shape index (κ2) is 7.10. The molecule has 0 saturated carbocycles. The van der Waals surface area contributed by atoms with Crippen molar-refractivity contribution in [2.24, 2.45) is 0 Å². The predicted octanol–water partition coefficient (Wildman–Crippen LogP) is 3.96. The average molecular weight is 364 g/mol. The van der Waals surface area contributed by atoms with Crippen molar-refractivity contribution in [3.8, 4) is 11.5 Å². The van der Waals surface area contributed by atoms with Crippen molar-refractivity contribution in [3.63, 3.8) is 0 Å². The van der Waals surface area contributed by atoms with E-state index in [0.717, 1.165) is 12.0 Å². The van der Waals surface area contributed by atoms with Gasteiger partial charge in [0.15, 0.2) is 11.4 Å². The van der Waals surface area contributed by atoms with E-state index in [-0.39, 0.29) is 23.2 Å². The van der Waals surface area contributed by atoms with E-state index in [1.807, 2.05) is 26.8 Å². The van der Waals surface area contributed by atoms with Gasteiger partial charge in [-0.1, -0.05) is 25.7 Å². The second-order valence-electron chi connectivity index (χ2n) is 7.05. The van der Waals surface area contributed by atoms with Crippen molar-refractivity contribution >= 4 is 30.7 Å². The first-order valence-corrected chi connectivity index (χ1v) is 8.94. The number of phenolic OH excluding ortho intramolecular Hbond substituents is 1. The summed E-state index contributed by atoms with van der Waals surface area (Å²) < 4.78 is 11.5. The molecule has 0 fully saturated rings. The lowest BCUT2D eigenvalue weighted by Crippen LogP contribution is -2.28. The Balaban J connectivity index is 2.47. The van der Waals surface area contributed by atoms with E-state index in [1.54, 1.807) is 6.08 Å². The Bertz CT molecular complexity index is 1030. The standard InChI is InChI=1S/C21H21BO5/c1-4-6-12-11-15(24)26-20-16(12)19-13(8-9-21(2,3)27-19)18(25)17(20)14(23)7-5-10-22/h5,7-9,11,25H,4,6,10H2,1-3H3/b7-5-. The van der Waals surface area contributed by atoms with Crippen LogP contribution in [0.25, 0.3) is 17.0 Å². The highest BCUT2D eigenvalue weighted by molar-refractivity contribution is 6.17. The monoisotopic (exact) mass is 364 g/mol. The summed E-state index contributed by atoms with van der Waals surface area (Å²) in [4.78, 5) is 24.8. The summed E-state index contributed by atoms with van der Waals surface area (Å²) in [6.07, 6.45) is 7.88. The minimum Gasteiger partial charge on any atom is -0.506 e. The summed E-state index contributed by atoms with van der Waals surface area (Å²) in [5.74, 6) is -0.338. The molecule has 0 aliphatic carbocycles. The molecule has 0 saturated heterocycles. The highest BCUT2D eigenvalue weighted by Gasteiger charge is 2.31. The van der Waals surface area contributed by atoms with Gasteiger partial charge in [0.25, 0.3) is 0 Å². The first kappa shape index (κ1) is 19.0. The SMILES string of the molecule is [B]C/C=C\C(=O)c1c(O)c2c(c3c(CCC)cc(=O)oc13)OC(C)(C)C=C2. The second-order valence-corrected chi connectivity index (χ2v) is 7.05. The van der Waals surface area contributed by atoms with E-state index in [1.165, 1.54) is 18.2 Å². The average Bonchev–Trinajstić information content (AvgIpc) is 2.58. The number of aryl methyl sites for hydroxylation is 1. The number of ether oxygens (including phenoxy) is 1. The van der Waals surface area contributed by atoms with Crippen molar-refractivity contribution < 1.29 is 19.1 Å². The lowest BCUT2D eigenvalue weighted by molar-refractivity contribution is 0.104. The van der Waals surface area contributed by atoms with Crippen LogP contribution in [-0.2, 0) is 6.42 Å². The van der Waals surface area contributed by atoms with E-state index >= 15 is 0 Å². The predicted molar refractivity (Wildman–Crippen MR) is 106 cm³/mol. The molecule has 6 heteroatoms. The normalized spacial score (nSPS) is 15.1. The minimum atomic E-state index is -0.600. The minimum absolute atomic E-state index is 0.0416. The highest BCUT2D eigenvalue weighted by atomic mass is 16.5. The Morgan fingerprint density at radius 3 is 2.78 bits per heavy atom. The molecule has 5 nitrogen and oxygen atoms in total. The van der Waals surface area contributed by atoms with Crippen LogP contribution in [0.4, 0.5) is 0 Å². The maximum absolute atomic E-state index is 12.7. The fourth-order valence-corrected chi connectivity index (χ4v) is 3.25. The first-order valence-electron chi connectivity index (χ1n) is 8.94. The van der Waals surface area contributed by atoms with Crippen molar-refractivity contribution in [2.45, 2.75) is 45.5 Å². The molecule has 3 rings (SSSR count). The van der Waals surface area contributed by atoms with Crippen LogP contribution < -0.4 is 10.4 Å². The van der Waals surface area contributed by atoms with Crippen molar-refractivity contribution in [1.82, 2.24) is 0 Å². The van der Waals surface area contributed by atoms with Crippen LogP contribution >= 0.6 is 0 Å². The summed E-state index contributed by atoms with van der Waals surface area (Å²) in [5.41, 5.74) is -0.0681. The summed E-state index contributed by atoms with van der Waals surface area (Å²) in [6, 6.07) is 1.42. The zero-order valence-corrected chi connectivity index (χ0v) is 15.7. The van der Waals surface area contributed by atoms with Crippen molar-refractivity contribution in [2.75, 3.05) is 0 Å². The molecule has 2 radical (unpaired) electrons. The number of rotatable bonds is 5. The van der Waals surface area contributed by atoms with E-state index < -0.39 is 17.0 Å². The summed E-state index contributed by atoms with van der Waals surface area (Å²) >= 11 is 0. The molecule has 0 bridgehead atoms. The van der Waals surface area contributed by atoms with Gasteiger partial charge in [-0.3, -0.25) is 4.79 Å². The van der Waals surface area contributed by atoms with Gasteiger partial charge in [0.05, 0.1) is 18.8 Å². The van der Waals surface area contributed by atoms with Gasteiger partial charge in [-0.25, -0.2) is 4.79 Å². The van der Waals surface area contributed by atoms with Gasteiger partial charge >= 0.3 is 5.63 Å². The molecule has 1 aliphatic heterocycles. The first-order chi connectivity index (χ1) is 12.8. The van der Waals surface area contributed by atoms with E-state index in [9.17, 15) is 14.7 Å². The summed E-state index contributed by atoms with van der Waals surface area (Å²) in [6.45, 7) is 5.77. The van der Waals surface area contributed by atoms with Crippen LogP contribution in [0.1, 0.15) is 48.7 Å². The molecule has 1 aromatic carbocycles. The molecule has 2 aromatic rings. The fraction of sp³-hybridized carbons (Fsp3) is 0.333. The number of carbonyl (C=O) groups excluding carboxylic acids is 1. The Kier molecular flexibility index (Phi) is 5.00. The zero-order chi connectivity index (χ0) is 19.8. The zero-order valence-electron chi connectivity index (χ0n) is 15.7. The fourth-order valence-electron chi connectivity index (χ4n) is 3.25. The molecule has 138 valence electrons. The molecule has 1 aliphatic rings. The quantitative estimate of drug-likeness (QED) is 0.376. The van der Waals surface area contributed by atoms with Crippen molar-refractivity contribution in [3.05, 3.63) is 51.4 Å². The molecule has 0 spiro atoms. The number of phenols is 1. The number of benzene rings is 1. The van der Waals surface area contributed by atoms with Crippen molar-refractivity contribution in [1.29, 1.82) is 0 Å². The molecule has 2 heterocycles. The highest BCUT2D eigenvalue weighted by Crippen LogP contribution is 2.46. The molecular formula is C21H21BO5. The number of hydrogen-bond acceptors (Lipinski definition) is 5. The van der Waals surface area contributed by atoms with Gasteiger partial charge in [0.2, 0.25) is 0 Å². The van der Waals surface area contributed by atoms with Crippen LogP contribution in [0, 0.1) is 0 Å². The molecular weight excluding hydrogens is 343 g/mol. The lowest BCUT2D eigenvalue weighted by atomic mass is 9.92. The molecule has 1 N–H and O–H groups in total. The maximum Gasteiger partial charge on any atom is 0.336 e. The summed E-state index contributed by atoms with van der Waals surface area (Å²) in [7, 11) is 5.43. The molecule has 1 aromatic heterocycles. The van der Waals surface area contributed by atoms with Gasteiger partial charge < -0.3 is 14.3 Å². The third kappa shape index (κ3) is 3.44. The Morgan fingerprint density at radius 1 is 1.37 bits per heavy atom. The number of allylic oxidation sites excluding steroid dienone is 2. The molecule has 27 heavy (non-hydrogen) atoms. The van der Waals surface area contributed by atoms with Crippen LogP contribution in [0.5, 0.6) is 11.5 Å². The number of aromatic hydroxyl groups is 1. The van der Waals surface area contributed by atoms with E-state index in [2.05, 4.69) is 0 Å². The smallest absolute Gasteiger partial charge is 0.336 e. The van der Waals surface area contributed by atoms with Crippen LogP contribution in [0.3, 0.4) is 0 Å². The molecule has 0 atom stereocenters. The summed E-state index contributed by atoms with van der Waals surface area (Å²) in [5, 5.41) is 11.4. The Labute approximate surface area is 158 Å². The van der Waals surface area contributed by atoms with Gasteiger partial charge in [-0.05, 0) is 44.1 Å². The Morgan fingerprint density at radius 2 is 2.11 bits per heavy atom. The van der Waals surface area contributed by atoms with Crippen LogP contribution in [-0.4, -0.2) is 24.3 Å². The lowest BCUT2D eigenvalue weighted by Gasteiger charge is -2.30. The number of fused-ring (bicyclic) bond motifs is 3. The molecule has 0 amide bonds. The number of ketones is 1. The van der Waals surface area contributed by atoms with E-state index in [4.69, 9.17) is 17.0 Å². The maximum atomic E-state index is 12.7. The van der Waals surface area contributed by atoms with Gasteiger partial charge in [-0.15, -0.1) is 0 Å². The number of hydrogen-bond donors (Lipinski definition) is 1. The van der Waals surface area contributed by atoms with Crippen LogP contribution in [0.15, 0.2) is 33.5 Å². The molecule has 0 unspecified atom stereocenters. The van der Waals surface area contributed by atoms with Gasteiger partial charge in [-0.2, -0.15) is 0 Å². The topological polar surface area (TPSA) is 76.7 Å². The number of carbonyl (C=O) groups is 1. The third-order valence-electron chi connectivity index (χ3n) is 4.42. The third-order valence-corrected chi connectivity index (χ3v) is 4.42. The largest absolute Gasteiger partial charge is 0.506 e. The van der Waals surface area contributed by atoms with Gasteiger partial charge in [0.1, 0.15) is 22.7 Å². The van der Waals surface area contributed by atoms with Gasteiger partial charge in [0, 0.05) is 6.07 Å². The Hall–Kier alpha value is -2.76. The van der Waals surface area contributed by atoms with Crippen LogP contribution in [0.2, 0.25) is 6.32 Å². The van der Waals surface area contributed by atoms with E-state index in [0.29, 0.717) is 23.1 Å².